The van der Waals surface area contributed by atoms with Crippen molar-refractivity contribution in [3.05, 3.63) is 23.8 Å². The van der Waals surface area contributed by atoms with Crippen molar-refractivity contribution in [3.8, 4) is 11.5 Å². The molecule has 1 aromatic rings. The average molecular weight is 371 g/mol. The third-order valence-corrected chi connectivity index (χ3v) is 4.42. The summed E-state index contributed by atoms with van der Waals surface area (Å²) in [4.78, 5) is 0. The number of methoxy groups -OCH3 is 1. The number of alkyl halides is 2. The van der Waals surface area contributed by atoms with Gasteiger partial charge in [-0.05, 0) is 54.7 Å². The summed E-state index contributed by atoms with van der Waals surface area (Å²) in [5.41, 5.74) is 3.34. The quantitative estimate of drug-likeness (QED) is 0.454. The Hall–Kier alpha value is -1.96. The van der Waals surface area contributed by atoms with E-state index in [1.54, 1.807) is 12.1 Å². The maximum absolute atomic E-state index is 12.4. The fourth-order valence-electron chi connectivity index (χ4n) is 2.86. The molecule has 5 nitrogen and oxygen atoms in total. The standard InChI is InChI=1S/C17H23F2N3O2S/c1-11-5-3-4-6-13(11)21-17(25)22-20-10-12-7-8-14(23-2)15(9-12)24-16(18)19/h7-11,13,16H,3-6H2,1-2H3,(H2,21,22,25)/b20-10-/t11-,13-/m1/s1. The summed E-state index contributed by atoms with van der Waals surface area (Å²) in [6.45, 7) is -0.710. The van der Waals surface area contributed by atoms with E-state index in [-0.39, 0.29) is 11.5 Å². The highest BCUT2D eigenvalue weighted by molar-refractivity contribution is 7.80. The molecule has 0 bridgehead atoms. The van der Waals surface area contributed by atoms with Gasteiger partial charge in [-0.3, -0.25) is 5.43 Å². The minimum absolute atomic E-state index is 0.0434. The number of hydrogen-bond donors (Lipinski definition) is 2. The van der Waals surface area contributed by atoms with Gasteiger partial charge >= 0.3 is 6.61 Å². The largest absolute Gasteiger partial charge is 0.493 e. The van der Waals surface area contributed by atoms with Gasteiger partial charge in [-0.2, -0.15) is 13.9 Å². The van der Waals surface area contributed by atoms with Crippen LogP contribution in [0.2, 0.25) is 0 Å². The molecule has 0 radical (unpaired) electrons. The average Bonchev–Trinajstić information content (AvgIpc) is 2.57. The van der Waals surface area contributed by atoms with Crippen LogP contribution in [0.25, 0.3) is 0 Å². The van der Waals surface area contributed by atoms with Gasteiger partial charge in [-0.15, -0.1) is 0 Å². The van der Waals surface area contributed by atoms with Gasteiger partial charge in [0.15, 0.2) is 16.6 Å². The molecule has 2 atom stereocenters. The number of hydrogen-bond acceptors (Lipinski definition) is 4. The van der Waals surface area contributed by atoms with Gasteiger partial charge in [-0.1, -0.05) is 19.8 Å². The fraction of sp³-hybridized carbons (Fsp3) is 0.529. The molecule has 0 aromatic heterocycles. The van der Waals surface area contributed by atoms with Crippen LogP contribution in [0.5, 0.6) is 11.5 Å². The summed E-state index contributed by atoms with van der Waals surface area (Å²) >= 11 is 5.25. The molecule has 0 saturated heterocycles. The second kappa shape index (κ2) is 9.50. The first kappa shape index (κ1) is 19.4. The number of halogens is 2. The molecule has 2 N–H and O–H groups in total. The van der Waals surface area contributed by atoms with Crippen molar-refractivity contribution in [2.24, 2.45) is 11.0 Å². The lowest BCUT2D eigenvalue weighted by molar-refractivity contribution is -0.0512. The highest BCUT2D eigenvalue weighted by Gasteiger charge is 2.21. The van der Waals surface area contributed by atoms with Crippen LogP contribution in [0.15, 0.2) is 23.3 Å². The van der Waals surface area contributed by atoms with Gasteiger partial charge in [0.1, 0.15) is 0 Å². The minimum atomic E-state index is -2.92. The number of benzene rings is 1. The Bertz CT molecular complexity index is 614. The van der Waals surface area contributed by atoms with Crippen LogP contribution in [0.3, 0.4) is 0 Å². The fourth-order valence-corrected chi connectivity index (χ4v) is 3.06. The van der Waals surface area contributed by atoms with Gasteiger partial charge in [0.25, 0.3) is 0 Å². The molecule has 1 aromatic carbocycles. The van der Waals surface area contributed by atoms with Crippen molar-refractivity contribution in [3.63, 3.8) is 0 Å². The summed E-state index contributed by atoms with van der Waals surface area (Å²) in [6, 6.07) is 5.01. The molecular weight excluding hydrogens is 348 g/mol. The molecular formula is C17H23F2N3O2S. The number of rotatable bonds is 6. The molecule has 0 heterocycles. The topological polar surface area (TPSA) is 54.9 Å². The van der Waals surface area contributed by atoms with E-state index in [1.165, 1.54) is 38.7 Å². The van der Waals surface area contributed by atoms with E-state index in [0.29, 0.717) is 22.6 Å². The van der Waals surface area contributed by atoms with Crippen LogP contribution in [0.1, 0.15) is 38.2 Å². The van der Waals surface area contributed by atoms with Crippen LogP contribution in [-0.4, -0.2) is 31.1 Å². The van der Waals surface area contributed by atoms with E-state index < -0.39 is 6.61 Å². The zero-order valence-electron chi connectivity index (χ0n) is 14.3. The lowest BCUT2D eigenvalue weighted by atomic mass is 9.86. The van der Waals surface area contributed by atoms with Crippen LogP contribution >= 0.6 is 12.2 Å². The molecule has 0 aliphatic heterocycles. The molecule has 8 heteroatoms. The molecule has 1 saturated carbocycles. The predicted molar refractivity (Wildman–Crippen MR) is 97.5 cm³/mol. The first-order chi connectivity index (χ1) is 12.0. The Morgan fingerprint density at radius 3 is 2.76 bits per heavy atom. The van der Waals surface area contributed by atoms with E-state index >= 15 is 0 Å². The highest BCUT2D eigenvalue weighted by Crippen LogP contribution is 2.29. The highest BCUT2D eigenvalue weighted by atomic mass is 32.1. The zero-order chi connectivity index (χ0) is 18.2. The summed E-state index contributed by atoms with van der Waals surface area (Å²) in [6.07, 6.45) is 6.24. The molecule has 1 aliphatic rings. The molecule has 0 amide bonds. The number of ether oxygens (including phenoxy) is 2. The van der Waals surface area contributed by atoms with Crippen LogP contribution in [0, 0.1) is 5.92 Å². The lowest BCUT2D eigenvalue weighted by Gasteiger charge is -2.30. The molecule has 25 heavy (non-hydrogen) atoms. The van der Waals surface area contributed by atoms with Crippen molar-refractivity contribution >= 4 is 23.5 Å². The van der Waals surface area contributed by atoms with E-state index in [4.69, 9.17) is 17.0 Å². The molecule has 1 aliphatic carbocycles. The summed E-state index contributed by atoms with van der Waals surface area (Å²) in [5, 5.41) is 7.77. The summed E-state index contributed by atoms with van der Waals surface area (Å²) in [5.74, 6) is 0.764. The van der Waals surface area contributed by atoms with Gasteiger partial charge in [-0.25, -0.2) is 0 Å². The number of nitrogens with zero attached hydrogens (tertiary/aromatic N) is 1. The molecule has 138 valence electrons. The zero-order valence-corrected chi connectivity index (χ0v) is 15.1. The van der Waals surface area contributed by atoms with Crippen molar-refractivity contribution in [2.75, 3.05) is 7.11 Å². The first-order valence-electron chi connectivity index (χ1n) is 8.22. The van der Waals surface area contributed by atoms with Crippen LogP contribution < -0.4 is 20.2 Å². The maximum Gasteiger partial charge on any atom is 0.387 e. The summed E-state index contributed by atoms with van der Waals surface area (Å²) < 4.78 is 34.3. The van der Waals surface area contributed by atoms with Crippen molar-refractivity contribution < 1.29 is 18.3 Å². The maximum atomic E-state index is 12.4. The van der Waals surface area contributed by atoms with Gasteiger partial charge < -0.3 is 14.8 Å². The monoisotopic (exact) mass is 371 g/mol. The first-order valence-corrected chi connectivity index (χ1v) is 8.63. The number of hydrazone groups is 1. The van der Waals surface area contributed by atoms with Crippen molar-refractivity contribution in [1.29, 1.82) is 0 Å². The number of thiocarbonyl (C=S) groups is 1. The van der Waals surface area contributed by atoms with Crippen LogP contribution in [-0.2, 0) is 0 Å². The SMILES string of the molecule is COc1ccc(/C=N\NC(=S)N[C@@H]2CCCC[C@H]2C)cc1OC(F)F. The molecule has 0 unspecified atom stereocenters. The lowest BCUT2D eigenvalue weighted by Crippen LogP contribution is -2.44. The Morgan fingerprint density at radius 1 is 1.32 bits per heavy atom. The summed E-state index contributed by atoms with van der Waals surface area (Å²) in [7, 11) is 1.39. The predicted octanol–water partition coefficient (Wildman–Crippen LogP) is 3.67. The Kier molecular flexibility index (Phi) is 7.36. The van der Waals surface area contributed by atoms with Gasteiger partial charge in [0.05, 0.1) is 13.3 Å². The normalized spacial score (nSPS) is 20.5. The van der Waals surface area contributed by atoms with Gasteiger partial charge in [0.2, 0.25) is 0 Å². The van der Waals surface area contributed by atoms with E-state index in [1.807, 2.05) is 0 Å². The smallest absolute Gasteiger partial charge is 0.387 e. The van der Waals surface area contributed by atoms with Crippen molar-refractivity contribution in [1.82, 2.24) is 10.7 Å². The van der Waals surface area contributed by atoms with Gasteiger partial charge in [0, 0.05) is 6.04 Å². The Labute approximate surface area is 151 Å². The van der Waals surface area contributed by atoms with E-state index in [0.717, 1.165) is 6.42 Å². The van der Waals surface area contributed by atoms with Crippen molar-refractivity contribution in [2.45, 2.75) is 45.3 Å². The second-order valence-electron chi connectivity index (χ2n) is 6.00. The minimum Gasteiger partial charge on any atom is -0.493 e. The number of nitrogens with one attached hydrogen (secondary N) is 2. The molecule has 0 spiro atoms. The molecule has 1 fully saturated rings. The van der Waals surface area contributed by atoms with Crippen LogP contribution in [0.4, 0.5) is 8.78 Å². The Balaban J connectivity index is 1.91. The molecule has 2 rings (SSSR count). The van der Waals surface area contributed by atoms with E-state index in [9.17, 15) is 8.78 Å². The second-order valence-corrected chi connectivity index (χ2v) is 6.41. The third-order valence-electron chi connectivity index (χ3n) is 4.21. The third kappa shape index (κ3) is 6.12. The van der Waals surface area contributed by atoms with E-state index in [2.05, 4.69) is 27.5 Å². The Morgan fingerprint density at radius 2 is 2.08 bits per heavy atom.